The van der Waals surface area contributed by atoms with Crippen LogP contribution in [0.2, 0.25) is 0 Å². The lowest BCUT2D eigenvalue weighted by Gasteiger charge is -2.09. The molecule has 3 aromatic heterocycles. The fourth-order valence-corrected chi connectivity index (χ4v) is 4.07. The van der Waals surface area contributed by atoms with Gasteiger partial charge < -0.3 is 9.13 Å². The van der Waals surface area contributed by atoms with Gasteiger partial charge in [0.05, 0.1) is 12.1 Å². The summed E-state index contributed by atoms with van der Waals surface area (Å²) in [6, 6.07) is 12.7. The van der Waals surface area contributed by atoms with E-state index in [1.807, 2.05) is 30.1 Å². The van der Waals surface area contributed by atoms with Gasteiger partial charge in [-0.15, -0.1) is 0 Å². The van der Waals surface area contributed by atoms with Crippen LogP contribution in [0.25, 0.3) is 22.3 Å². The normalized spacial score (nSPS) is 11.1. The minimum atomic E-state index is 0.658. The van der Waals surface area contributed by atoms with Crippen LogP contribution >= 0.6 is 15.9 Å². The molecule has 4 aromatic rings. The Kier molecular flexibility index (Phi) is 5.25. The molecule has 0 N–H and O–H groups in total. The van der Waals surface area contributed by atoms with Gasteiger partial charge >= 0.3 is 0 Å². The fourth-order valence-electron chi connectivity index (χ4n) is 3.66. The molecule has 146 valence electrons. The SMILES string of the molecule is CCCc1nc2c(C)ccnc2n1Cc1ccc(-c2cn(C)c(Br)c2C#N)cc1. The molecule has 1 aromatic carbocycles. The first kappa shape index (κ1) is 19.4. The zero-order valence-corrected chi connectivity index (χ0v) is 18.4. The van der Waals surface area contributed by atoms with E-state index in [-0.39, 0.29) is 0 Å². The quantitative estimate of drug-likeness (QED) is 0.412. The van der Waals surface area contributed by atoms with Crippen LogP contribution in [-0.2, 0) is 20.0 Å². The number of nitriles is 1. The van der Waals surface area contributed by atoms with Gasteiger partial charge in [-0.25, -0.2) is 9.97 Å². The molecule has 0 radical (unpaired) electrons. The average Bonchev–Trinajstić information content (AvgIpc) is 3.21. The Morgan fingerprint density at radius 2 is 1.93 bits per heavy atom. The summed E-state index contributed by atoms with van der Waals surface area (Å²) in [4.78, 5) is 9.45. The van der Waals surface area contributed by atoms with Gasteiger partial charge in [0.25, 0.3) is 0 Å². The predicted octanol–water partition coefficient (Wildman–Crippen LogP) is 5.38. The second-order valence-electron chi connectivity index (χ2n) is 7.29. The maximum absolute atomic E-state index is 9.49. The van der Waals surface area contributed by atoms with Crippen LogP contribution in [0, 0.1) is 18.3 Å². The fraction of sp³-hybridized carbons (Fsp3) is 0.261. The summed E-state index contributed by atoms with van der Waals surface area (Å²) in [7, 11) is 1.93. The minimum Gasteiger partial charge on any atom is -0.344 e. The second kappa shape index (κ2) is 7.84. The molecule has 0 aliphatic heterocycles. The van der Waals surface area contributed by atoms with Crippen molar-refractivity contribution in [3.8, 4) is 17.2 Å². The Balaban J connectivity index is 1.70. The van der Waals surface area contributed by atoms with E-state index in [4.69, 9.17) is 4.98 Å². The van der Waals surface area contributed by atoms with Crippen LogP contribution in [0.5, 0.6) is 0 Å². The molecule has 0 bridgehead atoms. The number of hydrogen-bond donors (Lipinski definition) is 0. The molecule has 0 fully saturated rings. The monoisotopic (exact) mass is 447 g/mol. The van der Waals surface area contributed by atoms with Gasteiger partial charge in [-0.3, -0.25) is 0 Å². The van der Waals surface area contributed by atoms with Crippen LogP contribution in [0.1, 0.15) is 35.9 Å². The summed E-state index contributed by atoms with van der Waals surface area (Å²) in [6.07, 6.45) is 5.80. The molecule has 3 heterocycles. The van der Waals surface area contributed by atoms with E-state index in [0.29, 0.717) is 5.56 Å². The van der Waals surface area contributed by atoms with Gasteiger partial charge in [0.15, 0.2) is 5.65 Å². The molecule has 0 amide bonds. The largest absolute Gasteiger partial charge is 0.344 e. The molecule has 5 nitrogen and oxygen atoms in total. The maximum Gasteiger partial charge on any atom is 0.160 e. The lowest BCUT2D eigenvalue weighted by molar-refractivity contribution is 0.717. The molecule has 0 atom stereocenters. The smallest absolute Gasteiger partial charge is 0.160 e. The van der Waals surface area contributed by atoms with Crippen LogP contribution in [-0.4, -0.2) is 19.1 Å². The third kappa shape index (κ3) is 3.47. The van der Waals surface area contributed by atoms with Crippen molar-refractivity contribution < 1.29 is 0 Å². The van der Waals surface area contributed by atoms with Crippen molar-refractivity contribution in [2.24, 2.45) is 7.05 Å². The molecule has 4 rings (SSSR count). The zero-order valence-electron chi connectivity index (χ0n) is 16.8. The van der Waals surface area contributed by atoms with Gasteiger partial charge in [0.1, 0.15) is 22.0 Å². The molecule has 0 saturated heterocycles. The van der Waals surface area contributed by atoms with E-state index < -0.39 is 0 Å². The van der Waals surface area contributed by atoms with Crippen LogP contribution in [0.3, 0.4) is 0 Å². The van der Waals surface area contributed by atoms with E-state index in [1.54, 1.807) is 0 Å². The lowest BCUT2D eigenvalue weighted by Crippen LogP contribution is -2.06. The molecule has 0 aliphatic carbocycles. The van der Waals surface area contributed by atoms with Crippen molar-refractivity contribution in [2.45, 2.75) is 33.2 Å². The van der Waals surface area contributed by atoms with Gasteiger partial charge in [-0.1, -0.05) is 31.2 Å². The van der Waals surface area contributed by atoms with E-state index in [1.165, 1.54) is 5.56 Å². The molecule has 0 spiro atoms. The summed E-state index contributed by atoms with van der Waals surface area (Å²) in [6.45, 7) is 4.98. The number of pyridine rings is 1. The Morgan fingerprint density at radius 1 is 1.17 bits per heavy atom. The Bertz CT molecular complexity index is 1230. The first-order chi connectivity index (χ1) is 14.0. The van der Waals surface area contributed by atoms with Crippen molar-refractivity contribution in [3.05, 3.63) is 69.8 Å². The Hall–Kier alpha value is -2.91. The van der Waals surface area contributed by atoms with Crippen molar-refractivity contribution in [1.29, 1.82) is 5.26 Å². The Morgan fingerprint density at radius 3 is 2.62 bits per heavy atom. The maximum atomic E-state index is 9.49. The van der Waals surface area contributed by atoms with Gasteiger partial charge in [-0.2, -0.15) is 5.26 Å². The number of fused-ring (bicyclic) bond motifs is 1. The molecule has 0 aliphatic rings. The van der Waals surface area contributed by atoms with Crippen molar-refractivity contribution in [2.75, 3.05) is 0 Å². The number of aryl methyl sites for hydroxylation is 3. The molecule has 0 unspecified atom stereocenters. The lowest BCUT2D eigenvalue weighted by atomic mass is 10.0. The van der Waals surface area contributed by atoms with Crippen LogP contribution in [0.15, 0.2) is 47.3 Å². The number of nitrogens with zero attached hydrogens (tertiary/aromatic N) is 5. The van der Waals surface area contributed by atoms with E-state index in [9.17, 15) is 5.26 Å². The highest BCUT2D eigenvalue weighted by Gasteiger charge is 2.15. The number of rotatable bonds is 5. The molecule has 29 heavy (non-hydrogen) atoms. The van der Waals surface area contributed by atoms with Crippen molar-refractivity contribution >= 4 is 27.1 Å². The number of halogens is 1. The van der Waals surface area contributed by atoms with Crippen LogP contribution in [0.4, 0.5) is 0 Å². The summed E-state index contributed by atoms with van der Waals surface area (Å²) in [5.41, 5.74) is 6.89. The summed E-state index contributed by atoms with van der Waals surface area (Å²) in [5.74, 6) is 1.08. The zero-order chi connectivity index (χ0) is 20.5. The predicted molar refractivity (Wildman–Crippen MR) is 119 cm³/mol. The summed E-state index contributed by atoms with van der Waals surface area (Å²) < 4.78 is 4.94. The molecular formula is C23H22BrN5. The highest BCUT2D eigenvalue weighted by molar-refractivity contribution is 9.10. The number of benzene rings is 1. The van der Waals surface area contributed by atoms with E-state index in [2.05, 4.69) is 69.7 Å². The molecular weight excluding hydrogens is 426 g/mol. The number of hydrogen-bond acceptors (Lipinski definition) is 3. The molecule has 6 heteroatoms. The standard InChI is InChI=1S/C23H22BrN5/c1-4-5-20-27-21-15(2)10-11-26-23(21)29(20)13-16-6-8-17(9-7-16)19-14-28(3)22(24)18(19)12-25/h6-11,14H,4-5,13H2,1-3H3. The third-order valence-electron chi connectivity index (χ3n) is 5.21. The van der Waals surface area contributed by atoms with Gasteiger partial charge in [0, 0.05) is 31.4 Å². The second-order valence-corrected chi connectivity index (χ2v) is 8.04. The average molecular weight is 448 g/mol. The highest BCUT2D eigenvalue weighted by Crippen LogP contribution is 2.31. The third-order valence-corrected chi connectivity index (χ3v) is 6.17. The Labute approximate surface area is 178 Å². The topological polar surface area (TPSA) is 59.4 Å². The van der Waals surface area contributed by atoms with E-state index in [0.717, 1.165) is 57.7 Å². The molecule has 0 saturated carbocycles. The van der Waals surface area contributed by atoms with Crippen molar-refractivity contribution in [1.82, 2.24) is 19.1 Å². The van der Waals surface area contributed by atoms with E-state index >= 15 is 0 Å². The minimum absolute atomic E-state index is 0.658. The first-order valence-corrected chi connectivity index (χ1v) is 10.5. The number of imidazole rings is 1. The van der Waals surface area contributed by atoms with Gasteiger partial charge in [0.2, 0.25) is 0 Å². The van der Waals surface area contributed by atoms with Crippen LogP contribution < -0.4 is 0 Å². The highest BCUT2D eigenvalue weighted by atomic mass is 79.9. The summed E-state index contributed by atoms with van der Waals surface area (Å²) in [5, 5.41) is 9.49. The number of aromatic nitrogens is 4. The summed E-state index contributed by atoms with van der Waals surface area (Å²) >= 11 is 3.49. The van der Waals surface area contributed by atoms with Gasteiger partial charge in [-0.05, 0) is 52.0 Å². The van der Waals surface area contributed by atoms with Crippen molar-refractivity contribution in [3.63, 3.8) is 0 Å². The first-order valence-electron chi connectivity index (χ1n) is 9.68.